The van der Waals surface area contributed by atoms with Gasteiger partial charge in [0, 0.05) is 18.7 Å². The molecule has 0 unspecified atom stereocenters. The Morgan fingerprint density at radius 3 is 2.95 bits per heavy atom. The number of carbonyl (C=O) groups is 1. The average molecular weight is 278 g/mol. The van der Waals surface area contributed by atoms with E-state index in [9.17, 15) is 14.9 Å². The van der Waals surface area contributed by atoms with E-state index in [1.54, 1.807) is 0 Å². The second-order valence-corrected chi connectivity index (χ2v) is 3.65. The van der Waals surface area contributed by atoms with E-state index in [-0.39, 0.29) is 23.3 Å². The molecule has 0 bridgehead atoms. The van der Waals surface area contributed by atoms with Crippen LogP contribution in [0.4, 0.5) is 11.4 Å². The number of aromatic nitrogens is 2. The monoisotopic (exact) mass is 278 g/mol. The van der Waals surface area contributed by atoms with Gasteiger partial charge in [0.2, 0.25) is 5.52 Å². The molecule has 1 N–H and O–H groups in total. The number of carbonyl (C=O) groups excluding carboxylic acids is 1. The smallest absolute Gasteiger partial charge is 0.330 e. The molecule has 0 aliphatic heterocycles. The molecular formula is C11H10N4O5. The average Bonchev–Trinajstić information content (AvgIpc) is 2.92. The second-order valence-electron chi connectivity index (χ2n) is 3.65. The number of esters is 1. The summed E-state index contributed by atoms with van der Waals surface area (Å²) in [5.41, 5.74) is 0.615. The van der Waals surface area contributed by atoms with E-state index in [0.29, 0.717) is 12.2 Å². The lowest BCUT2D eigenvalue weighted by Gasteiger charge is -2.06. The van der Waals surface area contributed by atoms with Gasteiger partial charge in [0.1, 0.15) is 6.61 Å². The van der Waals surface area contributed by atoms with Crippen LogP contribution in [0.3, 0.4) is 0 Å². The molecule has 9 heteroatoms. The van der Waals surface area contributed by atoms with Crippen LogP contribution in [0.2, 0.25) is 0 Å². The van der Waals surface area contributed by atoms with Gasteiger partial charge >= 0.3 is 11.7 Å². The summed E-state index contributed by atoms with van der Waals surface area (Å²) in [4.78, 5) is 21.1. The molecule has 0 fully saturated rings. The van der Waals surface area contributed by atoms with Gasteiger partial charge in [-0.25, -0.2) is 9.42 Å². The van der Waals surface area contributed by atoms with E-state index in [4.69, 9.17) is 4.74 Å². The highest BCUT2D eigenvalue weighted by Crippen LogP contribution is 2.28. The minimum atomic E-state index is -0.567. The van der Waals surface area contributed by atoms with Gasteiger partial charge in [-0.2, -0.15) is 0 Å². The number of benzene rings is 1. The highest BCUT2D eigenvalue weighted by Gasteiger charge is 2.19. The minimum absolute atomic E-state index is 0.0584. The van der Waals surface area contributed by atoms with Crippen molar-refractivity contribution >= 4 is 28.4 Å². The first-order valence-electron chi connectivity index (χ1n) is 5.56. The summed E-state index contributed by atoms with van der Waals surface area (Å²) >= 11 is 0. The van der Waals surface area contributed by atoms with Crippen molar-refractivity contribution in [2.45, 2.75) is 0 Å². The zero-order valence-electron chi connectivity index (χ0n) is 10.2. The molecule has 9 nitrogen and oxygen atoms in total. The van der Waals surface area contributed by atoms with Gasteiger partial charge < -0.3 is 10.1 Å². The predicted octanol–water partition coefficient (Wildman–Crippen LogP) is 1.27. The Kier molecular flexibility index (Phi) is 3.89. The molecule has 1 aromatic heterocycles. The van der Waals surface area contributed by atoms with Gasteiger partial charge in [-0.3, -0.25) is 10.1 Å². The lowest BCUT2D eigenvalue weighted by molar-refractivity contribution is -0.383. The summed E-state index contributed by atoms with van der Waals surface area (Å²) in [5, 5.41) is 20.8. The summed E-state index contributed by atoms with van der Waals surface area (Å²) in [6, 6.07) is 2.78. The Bertz CT molecular complexity index is 666. The van der Waals surface area contributed by atoms with Crippen LogP contribution >= 0.6 is 0 Å². The molecule has 20 heavy (non-hydrogen) atoms. The van der Waals surface area contributed by atoms with Gasteiger partial charge in [0.05, 0.1) is 10.6 Å². The van der Waals surface area contributed by atoms with Crippen molar-refractivity contribution in [3.63, 3.8) is 0 Å². The molecule has 2 rings (SSSR count). The van der Waals surface area contributed by atoms with Crippen LogP contribution in [0.5, 0.6) is 0 Å². The SMILES string of the molecule is C=CC(=O)OCCNc1ccc([N+](=O)[O-])c2nonc12. The van der Waals surface area contributed by atoms with Crippen LogP contribution < -0.4 is 5.32 Å². The third kappa shape index (κ3) is 2.71. The molecule has 0 atom stereocenters. The maximum absolute atomic E-state index is 10.8. The van der Waals surface area contributed by atoms with Crippen LogP contribution in [0.1, 0.15) is 0 Å². The fourth-order valence-electron chi connectivity index (χ4n) is 1.54. The highest BCUT2D eigenvalue weighted by molar-refractivity contribution is 5.93. The topological polar surface area (TPSA) is 120 Å². The summed E-state index contributed by atoms with van der Waals surface area (Å²) in [5.74, 6) is -0.524. The highest BCUT2D eigenvalue weighted by atomic mass is 16.6. The van der Waals surface area contributed by atoms with E-state index >= 15 is 0 Å². The van der Waals surface area contributed by atoms with Crippen LogP contribution in [-0.4, -0.2) is 34.4 Å². The molecular weight excluding hydrogens is 268 g/mol. The second kappa shape index (κ2) is 5.78. The Balaban J connectivity index is 2.10. The zero-order valence-corrected chi connectivity index (χ0v) is 10.2. The lowest BCUT2D eigenvalue weighted by atomic mass is 10.2. The molecule has 1 heterocycles. The maximum Gasteiger partial charge on any atom is 0.330 e. The summed E-state index contributed by atoms with van der Waals surface area (Å²) < 4.78 is 9.30. The summed E-state index contributed by atoms with van der Waals surface area (Å²) in [7, 11) is 0. The van der Waals surface area contributed by atoms with E-state index in [1.807, 2.05) is 0 Å². The quantitative estimate of drug-likeness (QED) is 0.276. The molecule has 0 spiro atoms. The van der Waals surface area contributed by atoms with Crippen LogP contribution in [0, 0.1) is 10.1 Å². The molecule has 0 aliphatic carbocycles. The molecule has 0 saturated heterocycles. The Morgan fingerprint density at radius 2 is 2.25 bits per heavy atom. The number of ether oxygens (including phenoxy) is 1. The lowest BCUT2D eigenvalue weighted by Crippen LogP contribution is -2.12. The molecule has 104 valence electrons. The van der Waals surface area contributed by atoms with E-state index in [0.717, 1.165) is 6.08 Å². The van der Waals surface area contributed by atoms with Crippen molar-refractivity contribution in [1.82, 2.24) is 10.3 Å². The van der Waals surface area contributed by atoms with Crippen molar-refractivity contribution in [1.29, 1.82) is 0 Å². The van der Waals surface area contributed by atoms with Gasteiger partial charge in [0.15, 0.2) is 5.52 Å². The molecule has 0 aliphatic rings. The first-order valence-corrected chi connectivity index (χ1v) is 5.56. The van der Waals surface area contributed by atoms with Crippen molar-refractivity contribution in [2.24, 2.45) is 0 Å². The van der Waals surface area contributed by atoms with Crippen molar-refractivity contribution < 1.29 is 19.1 Å². The molecule has 0 saturated carbocycles. The predicted molar refractivity (Wildman–Crippen MR) is 68.1 cm³/mol. The Hall–Kier alpha value is -2.97. The number of nitro groups is 1. The largest absolute Gasteiger partial charge is 0.461 e. The molecule has 0 amide bonds. The third-order valence-corrected chi connectivity index (χ3v) is 2.42. The number of nitrogens with zero attached hydrogens (tertiary/aromatic N) is 3. The first-order chi connectivity index (χ1) is 9.63. The molecule has 1 aromatic carbocycles. The van der Waals surface area contributed by atoms with Gasteiger partial charge in [-0.05, 0) is 16.4 Å². The summed E-state index contributed by atoms with van der Waals surface area (Å²) in [6.07, 6.45) is 1.06. The third-order valence-electron chi connectivity index (χ3n) is 2.42. The van der Waals surface area contributed by atoms with Crippen molar-refractivity contribution in [2.75, 3.05) is 18.5 Å². The van der Waals surface area contributed by atoms with Gasteiger partial charge in [-0.1, -0.05) is 6.58 Å². The van der Waals surface area contributed by atoms with E-state index in [2.05, 4.69) is 26.8 Å². The van der Waals surface area contributed by atoms with Crippen LogP contribution in [0.15, 0.2) is 29.4 Å². The zero-order chi connectivity index (χ0) is 14.5. The normalized spacial score (nSPS) is 10.2. The first kappa shape index (κ1) is 13.5. The number of non-ortho nitro benzene ring substituents is 1. The Labute approximate surface area is 112 Å². The van der Waals surface area contributed by atoms with Crippen LogP contribution in [-0.2, 0) is 9.53 Å². The fourth-order valence-corrected chi connectivity index (χ4v) is 1.54. The number of anilines is 1. The van der Waals surface area contributed by atoms with Gasteiger partial charge in [-0.15, -0.1) is 0 Å². The maximum atomic E-state index is 10.8. The number of fused-ring (bicyclic) bond motifs is 1. The fraction of sp³-hybridized carbons (Fsp3) is 0.182. The summed E-state index contributed by atoms with van der Waals surface area (Å²) in [6.45, 7) is 3.69. The number of nitrogens with one attached hydrogen (secondary N) is 1. The van der Waals surface area contributed by atoms with Gasteiger partial charge in [0.25, 0.3) is 0 Å². The van der Waals surface area contributed by atoms with Crippen LogP contribution in [0.25, 0.3) is 11.0 Å². The Morgan fingerprint density at radius 1 is 1.50 bits per heavy atom. The standard InChI is InChI=1S/C11H10N4O5/c1-2-9(16)19-6-5-12-7-3-4-8(15(17)18)11-10(7)13-20-14-11/h2-4,12H,1,5-6H2. The number of hydrogen-bond donors (Lipinski definition) is 1. The number of hydrogen-bond acceptors (Lipinski definition) is 8. The minimum Gasteiger partial charge on any atom is -0.461 e. The molecule has 2 aromatic rings. The molecule has 0 radical (unpaired) electrons. The van der Waals surface area contributed by atoms with Crippen molar-refractivity contribution in [3.05, 3.63) is 34.9 Å². The number of nitro benzene ring substituents is 1. The van der Waals surface area contributed by atoms with E-state index < -0.39 is 10.9 Å². The van der Waals surface area contributed by atoms with E-state index in [1.165, 1.54) is 12.1 Å². The van der Waals surface area contributed by atoms with Crippen molar-refractivity contribution in [3.8, 4) is 0 Å². The number of rotatable bonds is 6.